The van der Waals surface area contributed by atoms with Crippen LogP contribution in [0.1, 0.15) is 32.3 Å². The predicted octanol–water partition coefficient (Wildman–Crippen LogP) is 3.38. The van der Waals surface area contributed by atoms with Crippen LogP contribution in [-0.4, -0.2) is 17.7 Å². The van der Waals surface area contributed by atoms with Crippen molar-refractivity contribution < 1.29 is 18.7 Å². The largest absolute Gasteiger partial charge is 0.484 e. The molecular formula is C19H20O5. The van der Waals surface area contributed by atoms with Crippen LogP contribution in [0, 0.1) is 0 Å². The number of hydrogen-bond donors (Lipinski definition) is 0. The fourth-order valence-corrected chi connectivity index (χ4v) is 2.81. The summed E-state index contributed by atoms with van der Waals surface area (Å²) in [5.41, 5.74) is 0.349. The van der Waals surface area contributed by atoms with Gasteiger partial charge in [0.1, 0.15) is 23.0 Å². The third-order valence-corrected chi connectivity index (χ3v) is 4.18. The van der Waals surface area contributed by atoms with Gasteiger partial charge >= 0.3 is 11.6 Å². The van der Waals surface area contributed by atoms with Crippen molar-refractivity contribution in [2.45, 2.75) is 44.8 Å². The third kappa shape index (κ3) is 3.20. The fraction of sp³-hybridized carbons (Fsp3) is 0.368. The van der Waals surface area contributed by atoms with Gasteiger partial charge in [0, 0.05) is 30.4 Å². The van der Waals surface area contributed by atoms with Crippen LogP contribution in [0.4, 0.5) is 0 Å². The lowest BCUT2D eigenvalue weighted by atomic mass is 9.90. The number of esters is 1. The SMILES string of the molecule is C=CCCC(=O)O[C@H]1Cc2cc3ccc(=O)oc3cc2OC1(C)C. The number of carbonyl (C=O) groups is 1. The number of rotatable bonds is 4. The van der Waals surface area contributed by atoms with E-state index in [1.165, 1.54) is 6.07 Å². The van der Waals surface area contributed by atoms with Crippen molar-refractivity contribution in [3.8, 4) is 5.75 Å². The molecule has 0 saturated carbocycles. The molecule has 0 radical (unpaired) electrons. The molecule has 1 aliphatic heterocycles. The summed E-state index contributed by atoms with van der Waals surface area (Å²) < 4.78 is 16.8. The maximum Gasteiger partial charge on any atom is 0.336 e. The van der Waals surface area contributed by atoms with E-state index < -0.39 is 11.2 Å². The first-order chi connectivity index (χ1) is 11.4. The van der Waals surface area contributed by atoms with E-state index in [-0.39, 0.29) is 12.1 Å². The normalized spacial score (nSPS) is 18.5. The minimum atomic E-state index is -0.667. The molecule has 5 heteroatoms. The van der Waals surface area contributed by atoms with Crippen LogP contribution < -0.4 is 10.4 Å². The van der Waals surface area contributed by atoms with Gasteiger partial charge in [-0.05, 0) is 38.0 Å². The summed E-state index contributed by atoms with van der Waals surface area (Å²) in [4.78, 5) is 23.3. The van der Waals surface area contributed by atoms with Gasteiger partial charge in [0.05, 0.1) is 0 Å². The summed E-state index contributed by atoms with van der Waals surface area (Å²) in [7, 11) is 0. The Morgan fingerprint density at radius 2 is 2.21 bits per heavy atom. The number of ether oxygens (including phenoxy) is 2. The molecule has 2 heterocycles. The number of allylic oxidation sites excluding steroid dienone is 1. The van der Waals surface area contributed by atoms with E-state index in [4.69, 9.17) is 13.9 Å². The Hall–Kier alpha value is -2.56. The maximum absolute atomic E-state index is 11.9. The Labute approximate surface area is 139 Å². The van der Waals surface area contributed by atoms with Crippen molar-refractivity contribution in [1.82, 2.24) is 0 Å². The van der Waals surface area contributed by atoms with Gasteiger partial charge in [-0.25, -0.2) is 4.79 Å². The molecule has 0 spiro atoms. The zero-order chi connectivity index (χ0) is 17.3. The smallest absolute Gasteiger partial charge is 0.336 e. The predicted molar refractivity (Wildman–Crippen MR) is 90.2 cm³/mol. The van der Waals surface area contributed by atoms with E-state index >= 15 is 0 Å². The Balaban J connectivity index is 1.90. The van der Waals surface area contributed by atoms with Gasteiger partial charge in [-0.15, -0.1) is 6.58 Å². The van der Waals surface area contributed by atoms with E-state index in [2.05, 4.69) is 6.58 Å². The minimum Gasteiger partial charge on any atom is -0.484 e. The topological polar surface area (TPSA) is 65.7 Å². The lowest BCUT2D eigenvalue weighted by molar-refractivity contribution is -0.161. The van der Waals surface area contributed by atoms with Crippen molar-refractivity contribution in [1.29, 1.82) is 0 Å². The van der Waals surface area contributed by atoms with Gasteiger partial charge in [0.15, 0.2) is 0 Å². The monoisotopic (exact) mass is 328 g/mol. The first kappa shape index (κ1) is 16.3. The fourth-order valence-electron chi connectivity index (χ4n) is 2.81. The first-order valence-corrected chi connectivity index (χ1v) is 7.95. The second-order valence-corrected chi connectivity index (χ2v) is 6.47. The summed E-state index contributed by atoms with van der Waals surface area (Å²) >= 11 is 0. The average molecular weight is 328 g/mol. The summed E-state index contributed by atoms with van der Waals surface area (Å²) in [6, 6.07) is 6.73. The van der Waals surface area contributed by atoms with Crippen LogP contribution >= 0.6 is 0 Å². The second kappa shape index (κ2) is 6.15. The van der Waals surface area contributed by atoms with Gasteiger partial charge in [-0.3, -0.25) is 4.79 Å². The molecule has 2 aromatic rings. The van der Waals surface area contributed by atoms with Gasteiger partial charge in [-0.2, -0.15) is 0 Å². The van der Waals surface area contributed by atoms with Crippen molar-refractivity contribution in [2.75, 3.05) is 0 Å². The quantitative estimate of drug-likeness (QED) is 0.489. The Kier molecular flexibility index (Phi) is 4.18. The van der Waals surface area contributed by atoms with E-state index in [0.717, 1.165) is 10.9 Å². The zero-order valence-electron chi connectivity index (χ0n) is 13.8. The summed E-state index contributed by atoms with van der Waals surface area (Å²) in [6.07, 6.45) is 2.77. The minimum absolute atomic E-state index is 0.258. The Morgan fingerprint density at radius 3 is 2.96 bits per heavy atom. The molecule has 5 nitrogen and oxygen atoms in total. The molecule has 0 N–H and O–H groups in total. The molecule has 0 bridgehead atoms. The van der Waals surface area contributed by atoms with E-state index in [0.29, 0.717) is 30.6 Å². The van der Waals surface area contributed by atoms with E-state index in [9.17, 15) is 9.59 Å². The van der Waals surface area contributed by atoms with Crippen molar-refractivity contribution in [3.05, 3.63) is 52.9 Å². The molecule has 126 valence electrons. The van der Waals surface area contributed by atoms with Crippen LogP contribution in [-0.2, 0) is 16.0 Å². The number of hydrogen-bond acceptors (Lipinski definition) is 5. The molecule has 1 aliphatic rings. The highest BCUT2D eigenvalue weighted by Gasteiger charge is 2.39. The van der Waals surface area contributed by atoms with Crippen LogP contribution in [0.3, 0.4) is 0 Å². The molecule has 1 atom stereocenters. The van der Waals surface area contributed by atoms with E-state index in [1.807, 2.05) is 19.9 Å². The summed E-state index contributed by atoms with van der Waals surface area (Å²) in [5, 5.41) is 0.813. The average Bonchev–Trinajstić information content (AvgIpc) is 2.51. The maximum atomic E-state index is 11.9. The van der Waals surface area contributed by atoms with Crippen LogP contribution in [0.25, 0.3) is 11.0 Å². The molecule has 24 heavy (non-hydrogen) atoms. The number of benzene rings is 1. The van der Waals surface area contributed by atoms with Crippen LogP contribution in [0.15, 0.2) is 46.1 Å². The van der Waals surface area contributed by atoms with Gasteiger partial charge in [-0.1, -0.05) is 6.08 Å². The number of carbonyl (C=O) groups excluding carboxylic acids is 1. The molecule has 0 aliphatic carbocycles. The number of fused-ring (bicyclic) bond motifs is 2. The molecule has 0 amide bonds. The standard InChI is InChI=1S/C19H20O5/c1-4-5-6-17(20)23-16-10-13-9-12-7-8-18(21)22-14(12)11-15(13)24-19(16,2)3/h4,7-9,11,16H,1,5-6,10H2,2-3H3/t16-/m0/s1. The molecule has 0 fully saturated rings. The van der Waals surface area contributed by atoms with Crippen LogP contribution in [0.2, 0.25) is 0 Å². The lowest BCUT2D eigenvalue weighted by Gasteiger charge is -2.39. The van der Waals surface area contributed by atoms with Gasteiger partial charge in [0.2, 0.25) is 0 Å². The lowest BCUT2D eigenvalue weighted by Crippen LogP contribution is -2.48. The highest BCUT2D eigenvalue weighted by molar-refractivity contribution is 5.79. The van der Waals surface area contributed by atoms with Gasteiger partial charge in [0.25, 0.3) is 0 Å². The highest BCUT2D eigenvalue weighted by atomic mass is 16.6. The second-order valence-electron chi connectivity index (χ2n) is 6.47. The molecular weight excluding hydrogens is 308 g/mol. The molecule has 0 unspecified atom stereocenters. The highest BCUT2D eigenvalue weighted by Crippen LogP contribution is 2.37. The Bertz CT molecular complexity index is 846. The zero-order valence-corrected chi connectivity index (χ0v) is 13.8. The molecule has 1 aromatic heterocycles. The first-order valence-electron chi connectivity index (χ1n) is 7.95. The van der Waals surface area contributed by atoms with Gasteiger partial charge < -0.3 is 13.9 Å². The summed E-state index contributed by atoms with van der Waals surface area (Å²) in [5.74, 6) is 0.395. The molecule has 0 saturated heterocycles. The van der Waals surface area contributed by atoms with Crippen molar-refractivity contribution in [3.63, 3.8) is 0 Å². The van der Waals surface area contributed by atoms with Crippen molar-refractivity contribution in [2.24, 2.45) is 0 Å². The summed E-state index contributed by atoms with van der Waals surface area (Å²) in [6.45, 7) is 7.37. The van der Waals surface area contributed by atoms with Crippen molar-refractivity contribution >= 4 is 16.9 Å². The molecule has 3 rings (SSSR count). The van der Waals surface area contributed by atoms with E-state index in [1.54, 1.807) is 18.2 Å². The Morgan fingerprint density at radius 1 is 1.42 bits per heavy atom. The van der Waals surface area contributed by atoms with Crippen LogP contribution in [0.5, 0.6) is 5.75 Å². The molecule has 1 aromatic carbocycles. The third-order valence-electron chi connectivity index (χ3n) is 4.18.